The van der Waals surface area contributed by atoms with Crippen molar-refractivity contribution in [2.75, 3.05) is 35.6 Å². The van der Waals surface area contributed by atoms with Gasteiger partial charge in [-0.1, -0.05) is 6.07 Å². The molecule has 0 radical (unpaired) electrons. The molecule has 10 nitrogen and oxygen atoms in total. The number of rotatable bonds is 8. The van der Waals surface area contributed by atoms with E-state index in [1.807, 2.05) is 29.2 Å². The molecular weight excluding hydrogens is 476 g/mol. The highest BCUT2D eigenvalue weighted by Crippen LogP contribution is 2.24. The molecule has 0 bridgehead atoms. The van der Waals surface area contributed by atoms with Crippen LogP contribution in [-0.4, -0.2) is 61.7 Å². The minimum Gasteiger partial charge on any atom is -0.394 e. The lowest BCUT2D eigenvalue weighted by atomic mass is 10.2. The van der Waals surface area contributed by atoms with E-state index in [-0.39, 0.29) is 18.7 Å². The van der Waals surface area contributed by atoms with E-state index in [1.54, 1.807) is 18.7 Å². The number of hydrogen-bond donors (Lipinski definition) is 5. The number of nitrogens with one attached hydrogen (secondary N) is 4. The van der Waals surface area contributed by atoms with Gasteiger partial charge in [0.1, 0.15) is 5.82 Å². The quantitative estimate of drug-likeness (QED) is 0.320. The second-order valence-electron chi connectivity index (χ2n) is 7.51. The van der Waals surface area contributed by atoms with Crippen LogP contribution >= 0.6 is 15.9 Å². The Kier molecular flexibility index (Phi) is 7.17. The van der Waals surface area contributed by atoms with Crippen LogP contribution < -0.4 is 16.0 Å². The van der Waals surface area contributed by atoms with Crippen molar-refractivity contribution in [1.29, 1.82) is 0 Å². The summed E-state index contributed by atoms with van der Waals surface area (Å²) in [6.07, 6.45) is 7.67. The third-order valence-electron chi connectivity index (χ3n) is 5.08. The van der Waals surface area contributed by atoms with Crippen molar-refractivity contribution in [3.05, 3.63) is 53.2 Å². The highest BCUT2D eigenvalue weighted by molar-refractivity contribution is 9.10. The Labute approximate surface area is 194 Å². The number of carbonyl (C=O) groups is 1. The SMILES string of the molecule is O=C(Nc1cccc(Nc2ncc(Br)c(N[C@@H](CO)Cc3c[nH]cn3)n2)c1)N1CCCC1. The van der Waals surface area contributed by atoms with Crippen molar-refractivity contribution in [1.82, 2.24) is 24.8 Å². The van der Waals surface area contributed by atoms with E-state index in [4.69, 9.17) is 0 Å². The summed E-state index contributed by atoms with van der Waals surface area (Å²) < 4.78 is 0.676. The predicted octanol–water partition coefficient (Wildman–Crippen LogP) is 3.35. The highest BCUT2D eigenvalue weighted by atomic mass is 79.9. The van der Waals surface area contributed by atoms with E-state index in [9.17, 15) is 9.90 Å². The minimum atomic E-state index is -0.263. The Balaban J connectivity index is 1.42. The van der Waals surface area contributed by atoms with Crippen LogP contribution in [0, 0.1) is 0 Å². The van der Waals surface area contributed by atoms with Gasteiger partial charge >= 0.3 is 6.03 Å². The van der Waals surface area contributed by atoms with E-state index in [1.165, 1.54) is 0 Å². The standard InChI is InChI=1S/C21H25BrN8O2/c22-18-11-24-20(29-19(18)26-17(12-31)9-16-10-23-13-25-16)27-14-4-3-5-15(8-14)28-21(32)30-6-1-2-7-30/h3-5,8,10-11,13,17,31H,1-2,6-7,9,12H2,(H,23,25)(H,28,32)(H2,24,26,27,29)/t17-/m1/s1. The molecule has 2 aromatic heterocycles. The molecular formula is C21H25BrN8O2. The number of benzene rings is 1. The lowest BCUT2D eigenvalue weighted by Gasteiger charge is -2.18. The van der Waals surface area contributed by atoms with Gasteiger partial charge in [0.25, 0.3) is 0 Å². The monoisotopic (exact) mass is 500 g/mol. The van der Waals surface area contributed by atoms with E-state index < -0.39 is 0 Å². The first kappa shape index (κ1) is 22.0. The molecule has 168 valence electrons. The lowest BCUT2D eigenvalue weighted by Crippen LogP contribution is -2.32. The maximum atomic E-state index is 12.3. The summed E-state index contributed by atoms with van der Waals surface area (Å²) >= 11 is 3.45. The van der Waals surface area contributed by atoms with Crippen LogP contribution in [0.2, 0.25) is 0 Å². The van der Waals surface area contributed by atoms with E-state index >= 15 is 0 Å². The molecule has 1 aliphatic rings. The van der Waals surface area contributed by atoms with Crippen LogP contribution in [0.15, 0.2) is 47.5 Å². The summed E-state index contributed by atoms with van der Waals surface area (Å²) in [5.74, 6) is 0.936. The number of carbonyl (C=O) groups excluding carboxylic acids is 1. The summed E-state index contributed by atoms with van der Waals surface area (Å²) in [6, 6.07) is 7.05. The molecule has 1 aliphatic heterocycles. The zero-order valence-corrected chi connectivity index (χ0v) is 19.0. The van der Waals surface area contributed by atoms with Gasteiger partial charge in [0.05, 0.1) is 29.1 Å². The van der Waals surface area contributed by atoms with Crippen molar-refractivity contribution in [3.8, 4) is 0 Å². The number of H-pyrrole nitrogens is 1. The van der Waals surface area contributed by atoms with Gasteiger partial charge < -0.3 is 30.9 Å². The van der Waals surface area contributed by atoms with Gasteiger partial charge in [-0.15, -0.1) is 0 Å². The molecule has 11 heteroatoms. The zero-order chi connectivity index (χ0) is 22.3. The maximum Gasteiger partial charge on any atom is 0.321 e. The number of halogens is 1. The molecule has 3 heterocycles. The van der Waals surface area contributed by atoms with Crippen LogP contribution in [-0.2, 0) is 6.42 Å². The molecule has 0 unspecified atom stereocenters. The molecule has 1 aromatic carbocycles. The number of imidazole rings is 1. The van der Waals surface area contributed by atoms with Gasteiger partial charge in [-0.25, -0.2) is 14.8 Å². The molecule has 0 spiro atoms. The minimum absolute atomic E-state index is 0.0785. The summed E-state index contributed by atoms with van der Waals surface area (Å²) in [7, 11) is 0. The first-order valence-corrected chi connectivity index (χ1v) is 11.2. The Morgan fingerprint density at radius 2 is 2.06 bits per heavy atom. The van der Waals surface area contributed by atoms with Crippen molar-refractivity contribution < 1.29 is 9.90 Å². The molecule has 0 saturated carbocycles. The summed E-state index contributed by atoms with van der Waals surface area (Å²) in [5.41, 5.74) is 2.28. The number of nitrogens with zero attached hydrogens (tertiary/aromatic N) is 4. The summed E-state index contributed by atoms with van der Waals surface area (Å²) in [6.45, 7) is 1.51. The second-order valence-corrected chi connectivity index (χ2v) is 8.36. The average Bonchev–Trinajstić information content (AvgIpc) is 3.50. The smallest absolute Gasteiger partial charge is 0.321 e. The molecule has 0 aliphatic carbocycles. The molecule has 4 rings (SSSR count). The van der Waals surface area contributed by atoms with Crippen molar-refractivity contribution in [3.63, 3.8) is 0 Å². The topological polar surface area (TPSA) is 131 Å². The molecule has 1 saturated heterocycles. The fraction of sp³-hybridized carbons (Fsp3) is 0.333. The van der Waals surface area contributed by atoms with E-state index in [0.717, 1.165) is 37.3 Å². The summed E-state index contributed by atoms with van der Waals surface area (Å²) in [4.78, 5) is 30.1. The third-order valence-corrected chi connectivity index (χ3v) is 5.66. The van der Waals surface area contributed by atoms with Gasteiger partial charge in [0.15, 0.2) is 0 Å². The largest absolute Gasteiger partial charge is 0.394 e. The van der Waals surface area contributed by atoms with Gasteiger partial charge in [-0.05, 0) is 47.0 Å². The van der Waals surface area contributed by atoms with Crippen molar-refractivity contribution >= 4 is 45.1 Å². The third kappa shape index (κ3) is 5.74. The van der Waals surface area contributed by atoms with Crippen LogP contribution in [0.5, 0.6) is 0 Å². The van der Waals surface area contributed by atoms with Crippen molar-refractivity contribution in [2.45, 2.75) is 25.3 Å². The molecule has 2 amide bonds. The Morgan fingerprint density at radius 1 is 1.25 bits per heavy atom. The Bertz CT molecular complexity index is 1040. The normalized spacial score (nSPS) is 14.2. The number of aromatic amines is 1. The number of aliphatic hydroxyl groups is 1. The van der Waals surface area contributed by atoms with Gasteiger partial charge in [0.2, 0.25) is 5.95 Å². The van der Waals surface area contributed by atoms with Crippen LogP contribution in [0.25, 0.3) is 0 Å². The first-order chi connectivity index (χ1) is 15.6. The van der Waals surface area contributed by atoms with Crippen LogP contribution in [0.3, 0.4) is 0 Å². The molecule has 32 heavy (non-hydrogen) atoms. The number of urea groups is 1. The first-order valence-electron chi connectivity index (χ1n) is 10.4. The van der Waals surface area contributed by atoms with Gasteiger partial charge in [-0.2, -0.15) is 4.98 Å². The Hall–Kier alpha value is -3.18. The van der Waals surface area contributed by atoms with E-state index in [0.29, 0.717) is 28.3 Å². The molecule has 1 atom stereocenters. The molecule has 1 fully saturated rings. The fourth-order valence-electron chi connectivity index (χ4n) is 3.46. The lowest BCUT2D eigenvalue weighted by molar-refractivity contribution is 0.222. The van der Waals surface area contributed by atoms with Gasteiger partial charge in [-0.3, -0.25) is 0 Å². The number of anilines is 4. The summed E-state index contributed by atoms with van der Waals surface area (Å²) in [5, 5.41) is 19.1. The second kappa shape index (κ2) is 10.4. The van der Waals surface area contributed by atoms with Crippen molar-refractivity contribution in [2.24, 2.45) is 0 Å². The number of hydrogen-bond acceptors (Lipinski definition) is 7. The molecule has 3 aromatic rings. The number of aromatic nitrogens is 4. The zero-order valence-electron chi connectivity index (χ0n) is 17.4. The van der Waals surface area contributed by atoms with Crippen LogP contribution in [0.4, 0.5) is 27.9 Å². The predicted molar refractivity (Wildman–Crippen MR) is 126 cm³/mol. The Morgan fingerprint density at radius 3 is 2.81 bits per heavy atom. The number of aliphatic hydroxyl groups excluding tert-OH is 1. The number of amides is 2. The highest BCUT2D eigenvalue weighted by Gasteiger charge is 2.18. The van der Waals surface area contributed by atoms with Crippen LogP contribution in [0.1, 0.15) is 18.5 Å². The fourth-order valence-corrected chi connectivity index (χ4v) is 3.77. The molecule has 5 N–H and O–H groups in total. The average molecular weight is 501 g/mol. The number of likely N-dealkylation sites (tertiary alicyclic amines) is 1. The maximum absolute atomic E-state index is 12.3. The van der Waals surface area contributed by atoms with Gasteiger partial charge in [0, 0.05) is 43.3 Å². The van der Waals surface area contributed by atoms with E-state index in [2.05, 4.69) is 51.8 Å².